The van der Waals surface area contributed by atoms with E-state index >= 15 is 0 Å². The molecule has 1 amide bonds. The van der Waals surface area contributed by atoms with E-state index < -0.39 is 5.60 Å². The minimum Gasteiger partial charge on any atom is -0.444 e. The van der Waals surface area contributed by atoms with Crippen molar-refractivity contribution < 1.29 is 9.53 Å². The van der Waals surface area contributed by atoms with Crippen LogP contribution in [0.1, 0.15) is 39.7 Å². The average molecular weight is 361 g/mol. The highest BCUT2D eigenvalue weighted by Crippen LogP contribution is 2.20. The summed E-state index contributed by atoms with van der Waals surface area (Å²) in [6, 6.07) is 5.39. The molecule has 0 bridgehead atoms. The molecule has 0 saturated heterocycles. The first-order chi connectivity index (χ1) is 10.7. The summed E-state index contributed by atoms with van der Waals surface area (Å²) in [7, 11) is 0. The third kappa shape index (κ3) is 7.91. The Morgan fingerprint density at radius 2 is 1.96 bits per heavy atom. The number of nitrogens with one attached hydrogen (secondary N) is 1. The van der Waals surface area contributed by atoms with Crippen molar-refractivity contribution in [3.8, 4) is 0 Å². The molecule has 1 rings (SSSR count). The Kier molecular flexibility index (Phi) is 8.17. The van der Waals surface area contributed by atoms with E-state index in [0.29, 0.717) is 36.2 Å². The molecule has 0 aliphatic carbocycles. The molecule has 0 heterocycles. The minimum atomic E-state index is -0.481. The lowest BCUT2D eigenvalue weighted by Gasteiger charge is -2.27. The fourth-order valence-electron chi connectivity index (χ4n) is 2.01. The third-order valence-corrected chi connectivity index (χ3v) is 3.63. The molecule has 0 fully saturated rings. The van der Waals surface area contributed by atoms with Crippen LogP contribution in [-0.2, 0) is 11.3 Å². The molecule has 0 saturated carbocycles. The Labute approximate surface area is 149 Å². The zero-order valence-electron chi connectivity index (χ0n) is 14.3. The van der Waals surface area contributed by atoms with Gasteiger partial charge in [0.05, 0.1) is 0 Å². The van der Waals surface area contributed by atoms with Crippen LogP contribution in [0.3, 0.4) is 0 Å². The summed E-state index contributed by atoms with van der Waals surface area (Å²) in [6.07, 6.45) is 0.612. The lowest BCUT2D eigenvalue weighted by atomic mass is 10.2. The van der Waals surface area contributed by atoms with Crippen molar-refractivity contribution >= 4 is 29.3 Å². The van der Waals surface area contributed by atoms with Gasteiger partial charge in [-0.15, -0.1) is 0 Å². The smallest absolute Gasteiger partial charge is 0.410 e. The van der Waals surface area contributed by atoms with Crippen LogP contribution in [0.4, 0.5) is 4.79 Å². The third-order valence-electron chi connectivity index (χ3n) is 3.03. The zero-order chi connectivity index (χ0) is 17.5. The van der Waals surface area contributed by atoms with Gasteiger partial charge in [-0.25, -0.2) is 4.79 Å². The second-order valence-electron chi connectivity index (χ2n) is 6.38. The number of ether oxygens (including phenoxy) is 1. The Morgan fingerprint density at radius 1 is 1.26 bits per heavy atom. The van der Waals surface area contributed by atoms with Crippen LogP contribution < -0.4 is 5.32 Å². The van der Waals surface area contributed by atoms with Crippen LogP contribution in [0.2, 0.25) is 10.0 Å². The van der Waals surface area contributed by atoms with Gasteiger partial charge in [0.1, 0.15) is 5.60 Å². The number of carbonyl (C=O) groups is 1. The van der Waals surface area contributed by atoms with E-state index in [1.165, 1.54) is 0 Å². The van der Waals surface area contributed by atoms with Crippen molar-refractivity contribution in [2.75, 3.05) is 19.6 Å². The van der Waals surface area contributed by atoms with Crippen LogP contribution in [-0.4, -0.2) is 36.2 Å². The second kappa shape index (κ2) is 9.36. The minimum absolute atomic E-state index is 0.276. The zero-order valence-corrected chi connectivity index (χ0v) is 15.8. The fourth-order valence-corrected chi connectivity index (χ4v) is 2.39. The molecule has 0 radical (unpaired) electrons. The van der Waals surface area contributed by atoms with Crippen LogP contribution in [0.15, 0.2) is 18.2 Å². The average Bonchev–Trinajstić information content (AvgIpc) is 2.43. The lowest BCUT2D eigenvalue weighted by molar-refractivity contribution is 0.0252. The highest BCUT2D eigenvalue weighted by atomic mass is 35.5. The van der Waals surface area contributed by atoms with E-state index in [1.807, 2.05) is 33.8 Å². The second-order valence-corrected chi connectivity index (χ2v) is 7.22. The first-order valence-electron chi connectivity index (χ1n) is 7.85. The van der Waals surface area contributed by atoms with E-state index in [2.05, 4.69) is 5.32 Å². The fraction of sp³-hybridized carbons (Fsp3) is 0.588. The number of nitrogens with zero attached hydrogens (tertiary/aromatic N) is 1. The Balaban J connectivity index is 2.46. The number of carbonyl (C=O) groups excluding carboxylic acids is 1. The molecule has 1 aromatic rings. The van der Waals surface area contributed by atoms with Gasteiger partial charge < -0.3 is 15.0 Å². The van der Waals surface area contributed by atoms with Crippen molar-refractivity contribution in [2.24, 2.45) is 0 Å². The number of hydrogen-bond donors (Lipinski definition) is 1. The standard InChI is InChI=1S/C17H26Cl2N2O2/c1-5-9-21(16(22)23-17(2,3)4)10-8-20-12-13-11-14(18)6-7-15(13)19/h6-7,11,20H,5,8-10,12H2,1-4H3. The summed E-state index contributed by atoms with van der Waals surface area (Å²) in [5, 5.41) is 4.62. The van der Waals surface area contributed by atoms with Gasteiger partial charge in [0.2, 0.25) is 0 Å². The maximum atomic E-state index is 12.1. The van der Waals surface area contributed by atoms with Gasteiger partial charge in [-0.1, -0.05) is 30.1 Å². The molecular formula is C17H26Cl2N2O2. The molecule has 6 heteroatoms. The van der Waals surface area contributed by atoms with Crippen molar-refractivity contribution in [3.63, 3.8) is 0 Å². The molecule has 0 atom stereocenters. The molecule has 23 heavy (non-hydrogen) atoms. The molecule has 0 aliphatic heterocycles. The molecule has 0 aliphatic rings. The number of rotatable bonds is 7. The summed E-state index contributed by atoms with van der Waals surface area (Å²) >= 11 is 12.1. The van der Waals surface area contributed by atoms with Gasteiger partial charge in [-0.3, -0.25) is 0 Å². The summed E-state index contributed by atoms with van der Waals surface area (Å²) in [6.45, 7) is 10.2. The van der Waals surface area contributed by atoms with Crippen LogP contribution in [0.25, 0.3) is 0 Å². The molecule has 130 valence electrons. The molecule has 1 aromatic carbocycles. The van der Waals surface area contributed by atoms with Crippen molar-refractivity contribution in [3.05, 3.63) is 33.8 Å². The maximum absolute atomic E-state index is 12.1. The first kappa shape index (κ1) is 20.1. The first-order valence-corrected chi connectivity index (χ1v) is 8.61. The highest BCUT2D eigenvalue weighted by molar-refractivity contribution is 6.33. The van der Waals surface area contributed by atoms with Crippen LogP contribution in [0, 0.1) is 0 Å². The van der Waals surface area contributed by atoms with Gasteiger partial charge in [0.25, 0.3) is 0 Å². The van der Waals surface area contributed by atoms with E-state index in [-0.39, 0.29) is 6.09 Å². The van der Waals surface area contributed by atoms with Crippen molar-refractivity contribution in [2.45, 2.75) is 46.3 Å². The number of benzene rings is 1. The Hall–Kier alpha value is -0.970. The van der Waals surface area contributed by atoms with Gasteiger partial charge in [-0.05, 0) is 51.0 Å². The van der Waals surface area contributed by atoms with Gasteiger partial charge >= 0.3 is 6.09 Å². The topological polar surface area (TPSA) is 41.6 Å². The normalized spacial score (nSPS) is 11.4. The summed E-state index contributed by atoms with van der Waals surface area (Å²) in [4.78, 5) is 13.9. The van der Waals surface area contributed by atoms with Crippen molar-refractivity contribution in [1.29, 1.82) is 0 Å². The summed E-state index contributed by atoms with van der Waals surface area (Å²) in [5.41, 5.74) is 0.462. The molecule has 0 aromatic heterocycles. The number of hydrogen-bond acceptors (Lipinski definition) is 3. The number of amides is 1. The van der Waals surface area contributed by atoms with Gasteiger partial charge in [0, 0.05) is 36.2 Å². The molecule has 0 spiro atoms. The Bertz CT molecular complexity index is 516. The van der Waals surface area contributed by atoms with E-state index in [4.69, 9.17) is 27.9 Å². The van der Waals surface area contributed by atoms with Crippen LogP contribution in [0.5, 0.6) is 0 Å². The molecule has 0 unspecified atom stereocenters. The van der Waals surface area contributed by atoms with Crippen molar-refractivity contribution in [1.82, 2.24) is 10.2 Å². The maximum Gasteiger partial charge on any atom is 0.410 e. The summed E-state index contributed by atoms with van der Waals surface area (Å²) < 4.78 is 5.42. The van der Waals surface area contributed by atoms with Gasteiger partial charge in [-0.2, -0.15) is 0 Å². The van der Waals surface area contributed by atoms with E-state index in [1.54, 1.807) is 17.0 Å². The monoisotopic (exact) mass is 360 g/mol. The molecular weight excluding hydrogens is 335 g/mol. The SMILES string of the molecule is CCCN(CCNCc1cc(Cl)ccc1Cl)C(=O)OC(C)(C)C. The summed E-state index contributed by atoms with van der Waals surface area (Å²) in [5.74, 6) is 0. The van der Waals surface area contributed by atoms with Crippen LogP contribution >= 0.6 is 23.2 Å². The predicted molar refractivity (Wildman–Crippen MR) is 96.3 cm³/mol. The van der Waals surface area contributed by atoms with Gasteiger partial charge in [0.15, 0.2) is 0 Å². The van der Waals surface area contributed by atoms with E-state index in [9.17, 15) is 4.79 Å². The Morgan fingerprint density at radius 3 is 2.57 bits per heavy atom. The van der Waals surface area contributed by atoms with E-state index in [0.717, 1.165) is 12.0 Å². The largest absolute Gasteiger partial charge is 0.444 e. The molecule has 4 nitrogen and oxygen atoms in total. The lowest BCUT2D eigenvalue weighted by Crippen LogP contribution is -2.40. The quantitative estimate of drug-likeness (QED) is 0.714. The number of halogens is 2. The molecule has 1 N–H and O–H groups in total. The highest BCUT2D eigenvalue weighted by Gasteiger charge is 2.21. The predicted octanol–water partition coefficient (Wildman–Crippen LogP) is 4.73.